The highest BCUT2D eigenvalue weighted by Crippen LogP contribution is 2.27. The fraction of sp³-hybridized carbons (Fsp3) is 0.133. The van der Waals surface area contributed by atoms with Gasteiger partial charge in [-0.15, -0.1) is 0 Å². The number of benzene rings is 2. The van der Waals surface area contributed by atoms with Crippen LogP contribution in [0.3, 0.4) is 0 Å². The zero-order valence-corrected chi connectivity index (χ0v) is 12.2. The van der Waals surface area contributed by atoms with Crippen molar-refractivity contribution in [2.75, 3.05) is 0 Å². The molecule has 3 rings (SSSR count). The van der Waals surface area contributed by atoms with Crippen molar-refractivity contribution in [3.05, 3.63) is 52.5 Å². The SMILES string of the molecule is Cn1c(-c2cc(Cl)cc(Cl)c2)[n+](C)c2ccccc21. The average molecular weight is 292 g/mol. The van der Waals surface area contributed by atoms with Gasteiger partial charge in [-0.25, -0.2) is 9.13 Å². The minimum absolute atomic E-state index is 0.646. The van der Waals surface area contributed by atoms with Crippen molar-refractivity contribution < 1.29 is 4.57 Å². The van der Waals surface area contributed by atoms with Gasteiger partial charge in [-0.05, 0) is 30.3 Å². The summed E-state index contributed by atoms with van der Waals surface area (Å²) in [5.74, 6) is 1.07. The molecule has 0 spiro atoms. The van der Waals surface area contributed by atoms with E-state index in [0.29, 0.717) is 10.0 Å². The third-order valence-corrected chi connectivity index (χ3v) is 3.80. The highest BCUT2D eigenvalue weighted by atomic mass is 35.5. The van der Waals surface area contributed by atoms with Crippen LogP contribution in [0.2, 0.25) is 10.0 Å². The molecule has 0 saturated heterocycles. The van der Waals surface area contributed by atoms with Gasteiger partial charge in [0.15, 0.2) is 11.0 Å². The molecule has 0 bridgehead atoms. The molecule has 2 aromatic carbocycles. The molecule has 0 unspecified atom stereocenters. The first-order valence-corrected chi connectivity index (χ1v) is 6.73. The Balaban J connectivity index is 2.36. The van der Waals surface area contributed by atoms with Crippen LogP contribution in [0.4, 0.5) is 0 Å². The lowest BCUT2D eigenvalue weighted by molar-refractivity contribution is -0.634. The fourth-order valence-electron chi connectivity index (χ4n) is 2.55. The van der Waals surface area contributed by atoms with E-state index >= 15 is 0 Å². The van der Waals surface area contributed by atoms with E-state index in [1.165, 1.54) is 11.0 Å². The van der Waals surface area contributed by atoms with E-state index in [-0.39, 0.29) is 0 Å². The lowest BCUT2D eigenvalue weighted by Gasteiger charge is -2.01. The van der Waals surface area contributed by atoms with Crippen molar-refractivity contribution in [1.29, 1.82) is 0 Å². The zero-order valence-electron chi connectivity index (χ0n) is 10.7. The second kappa shape index (κ2) is 4.55. The summed E-state index contributed by atoms with van der Waals surface area (Å²) >= 11 is 12.2. The third kappa shape index (κ3) is 2.01. The number of halogens is 2. The molecule has 0 saturated carbocycles. The second-order valence-corrected chi connectivity index (χ2v) is 5.46. The van der Waals surface area contributed by atoms with Crippen LogP contribution in [0.5, 0.6) is 0 Å². The Bertz CT molecular complexity index is 716. The lowest BCUT2D eigenvalue weighted by Crippen LogP contribution is -2.29. The smallest absolute Gasteiger partial charge is 0.226 e. The Labute approximate surface area is 121 Å². The Kier molecular flexibility index (Phi) is 3.00. The summed E-state index contributed by atoms with van der Waals surface area (Å²) in [6.45, 7) is 0. The van der Waals surface area contributed by atoms with E-state index in [1.807, 2.05) is 38.4 Å². The van der Waals surface area contributed by atoms with Gasteiger partial charge in [0.2, 0.25) is 0 Å². The number of imidazole rings is 1. The van der Waals surface area contributed by atoms with E-state index in [4.69, 9.17) is 23.2 Å². The van der Waals surface area contributed by atoms with E-state index in [0.717, 1.165) is 11.4 Å². The van der Waals surface area contributed by atoms with Crippen LogP contribution in [0.1, 0.15) is 0 Å². The van der Waals surface area contributed by atoms with Crippen LogP contribution in [0.25, 0.3) is 22.4 Å². The number of hydrogen-bond acceptors (Lipinski definition) is 0. The predicted octanol–water partition coefficient (Wildman–Crippen LogP) is 3.98. The molecule has 0 aliphatic carbocycles. The highest BCUT2D eigenvalue weighted by molar-refractivity contribution is 6.35. The van der Waals surface area contributed by atoms with Crippen LogP contribution in [0, 0.1) is 0 Å². The summed E-state index contributed by atoms with van der Waals surface area (Å²) in [6, 6.07) is 13.9. The molecule has 2 nitrogen and oxygen atoms in total. The highest BCUT2D eigenvalue weighted by Gasteiger charge is 2.21. The average Bonchev–Trinajstić information content (AvgIpc) is 2.61. The summed E-state index contributed by atoms with van der Waals surface area (Å²) < 4.78 is 4.30. The summed E-state index contributed by atoms with van der Waals surface area (Å²) in [4.78, 5) is 0. The van der Waals surface area contributed by atoms with Gasteiger partial charge >= 0.3 is 0 Å². The van der Waals surface area contributed by atoms with E-state index in [9.17, 15) is 0 Å². The number of aryl methyl sites for hydroxylation is 2. The monoisotopic (exact) mass is 291 g/mol. The van der Waals surface area contributed by atoms with Crippen LogP contribution in [-0.2, 0) is 14.1 Å². The topological polar surface area (TPSA) is 8.81 Å². The van der Waals surface area contributed by atoms with Crippen molar-refractivity contribution in [3.63, 3.8) is 0 Å². The summed E-state index contributed by atoms with van der Waals surface area (Å²) in [6.07, 6.45) is 0. The predicted molar refractivity (Wildman–Crippen MR) is 79.6 cm³/mol. The normalized spacial score (nSPS) is 11.2. The minimum Gasteiger partial charge on any atom is -0.226 e. The molecule has 0 atom stereocenters. The molecule has 4 heteroatoms. The van der Waals surface area contributed by atoms with E-state index in [1.54, 1.807) is 6.07 Å². The molecular formula is C15H13Cl2N2+. The molecule has 0 amide bonds. The first-order valence-electron chi connectivity index (χ1n) is 5.98. The number of fused-ring (bicyclic) bond motifs is 1. The van der Waals surface area contributed by atoms with Crippen LogP contribution < -0.4 is 4.57 Å². The maximum absolute atomic E-state index is 6.10. The van der Waals surface area contributed by atoms with E-state index < -0.39 is 0 Å². The van der Waals surface area contributed by atoms with Crippen molar-refractivity contribution in [2.24, 2.45) is 14.1 Å². The maximum atomic E-state index is 6.10. The molecule has 0 fully saturated rings. The quantitative estimate of drug-likeness (QED) is 0.600. The first kappa shape index (κ1) is 12.5. The standard InChI is InChI=1S/C15H13Cl2N2/c1-18-13-5-3-4-6-14(13)19(2)15(18)10-7-11(16)9-12(17)8-10/h3-9H,1-2H3/q+1. The van der Waals surface area contributed by atoms with Crippen LogP contribution >= 0.6 is 23.2 Å². The molecule has 0 N–H and O–H groups in total. The van der Waals surface area contributed by atoms with Crippen molar-refractivity contribution >= 4 is 34.2 Å². The van der Waals surface area contributed by atoms with Gasteiger partial charge < -0.3 is 0 Å². The van der Waals surface area contributed by atoms with Crippen molar-refractivity contribution in [2.45, 2.75) is 0 Å². The number of hydrogen-bond donors (Lipinski definition) is 0. The van der Waals surface area contributed by atoms with E-state index in [2.05, 4.69) is 21.3 Å². The Morgan fingerprint density at radius 1 is 1.00 bits per heavy atom. The first-order chi connectivity index (χ1) is 9.08. The maximum Gasteiger partial charge on any atom is 0.289 e. The number of aromatic nitrogens is 2. The number of rotatable bonds is 1. The second-order valence-electron chi connectivity index (χ2n) is 4.59. The molecule has 3 aromatic rings. The summed E-state index contributed by atoms with van der Waals surface area (Å²) in [7, 11) is 4.10. The number of nitrogens with zero attached hydrogens (tertiary/aromatic N) is 2. The molecule has 19 heavy (non-hydrogen) atoms. The third-order valence-electron chi connectivity index (χ3n) is 3.36. The van der Waals surface area contributed by atoms with Crippen molar-refractivity contribution in [3.8, 4) is 11.4 Å². The molecule has 96 valence electrons. The van der Waals surface area contributed by atoms with Gasteiger partial charge in [-0.2, -0.15) is 0 Å². The Morgan fingerprint density at radius 2 is 1.63 bits per heavy atom. The molecular weight excluding hydrogens is 279 g/mol. The molecule has 1 aromatic heterocycles. The minimum atomic E-state index is 0.646. The van der Waals surface area contributed by atoms with Gasteiger partial charge in [-0.3, -0.25) is 0 Å². The number of para-hydroxylation sites is 2. The van der Waals surface area contributed by atoms with Gasteiger partial charge in [0.25, 0.3) is 5.82 Å². The van der Waals surface area contributed by atoms with Gasteiger partial charge in [0.1, 0.15) is 0 Å². The largest absolute Gasteiger partial charge is 0.289 e. The Morgan fingerprint density at radius 3 is 2.26 bits per heavy atom. The summed E-state index contributed by atoms with van der Waals surface area (Å²) in [5.41, 5.74) is 3.37. The molecule has 0 aliphatic heterocycles. The molecule has 1 heterocycles. The van der Waals surface area contributed by atoms with Crippen LogP contribution in [-0.4, -0.2) is 4.57 Å². The molecule has 0 radical (unpaired) electrons. The van der Waals surface area contributed by atoms with Gasteiger partial charge in [0, 0.05) is 10.0 Å². The van der Waals surface area contributed by atoms with Crippen molar-refractivity contribution in [1.82, 2.24) is 4.57 Å². The Hall–Kier alpha value is -1.51. The fourth-order valence-corrected chi connectivity index (χ4v) is 3.08. The van der Waals surface area contributed by atoms with Crippen LogP contribution in [0.15, 0.2) is 42.5 Å². The zero-order chi connectivity index (χ0) is 13.6. The lowest BCUT2D eigenvalue weighted by atomic mass is 10.2. The molecule has 0 aliphatic rings. The summed E-state index contributed by atoms with van der Waals surface area (Å²) in [5, 5.41) is 1.29. The van der Waals surface area contributed by atoms with Gasteiger partial charge in [-0.1, -0.05) is 35.3 Å². The van der Waals surface area contributed by atoms with Gasteiger partial charge in [0.05, 0.1) is 19.7 Å².